The molecule has 0 unspecified atom stereocenters. The van der Waals surface area contributed by atoms with Crippen LogP contribution in [0.5, 0.6) is 0 Å². The van der Waals surface area contributed by atoms with Gasteiger partial charge in [-0.1, -0.05) is 0 Å². The van der Waals surface area contributed by atoms with Crippen LogP contribution in [-0.2, 0) is 28.5 Å². The Hall–Kier alpha value is -2.86. The summed E-state index contributed by atoms with van der Waals surface area (Å²) in [5, 5.41) is 12.3. The quantitative estimate of drug-likeness (QED) is 0.797. The third kappa shape index (κ3) is 4.11. The molecular formula is C18H13F3N2O3S. The van der Waals surface area contributed by atoms with Crippen molar-refractivity contribution in [2.75, 3.05) is 11.9 Å². The lowest BCUT2D eigenvalue weighted by molar-refractivity contribution is -0.137. The second-order valence-electron chi connectivity index (χ2n) is 5.87. The van der Waals surface area contributed by atoms with Gasteiger partial charge in [-0.25, -0.2) is 4.79 Å². The minimum atomic E-state index is -4.50. The lowest BCUT2D eigenvalue weighted by atomic mass is 10.1. The molecule has 0 spiro atoms. The summed E-state index contributed by atoms with van der Waals surface area (Å²) in [6.45, 7) is -0.604. The predicted molar refractivity (Wildman–Crippen MR) is 91.4 cm³/mol. The van der Waals surface area contributed by atoms with Gasteiger partial charge < -0.3 is 10.1 Å². The van der Waals surface area contributed by atoms with Gasteiger partial charge in [-0.3, -0.25) is 4.79 Å². The number of nitrogens with zero attached hydrogens (tertiary/aromatic N) is 1. The van der Waals surface area contributed by atoms with Crippen molar-refractivity contribution in [3.8, 4) is 6.07 Å². The highest BCUT2D eigenvalue weighted by atomic mass is 32.1. The van der Waals surface area contributed by atoms with E-state index in [4.69, 9.17) is 4.74 Å². The zero-order valence-electron chi connectivity index (χ0n) is 13.9. The van der Waals surface area contributed by atoms with Crippen molar-refractivity contribution >= 4 is 28.2 Å². The van der Waals surface area contributed by atoms with Crippen molar-refractivity contribution < 1.29 is 27.5 Å². The molecule has 0 fully saturated rings. The number of esters is 1. The number of hydrogen-bond donors (Lipinski definition) is 1. The molecule has 0 saturated heterocycles. The Labute approximate surface area is 156 Å². The van der Waals surface area contributed by atoms with Crippen molar-refractivity contribution in [1.82, 2.24) is 0 Å². The number of halogens is 3. The topological polar surface area (TPSA) is 79.2 Å². The molecule has 5 nitrogen and oxygen atoms in total. The maximum atomic E-state index is 12.5. The first-order valence-electron chi connectivity index (χ1n) is 7.98. The van der Waals surface area contributed by atoms with Gasteiger partial charge in [-0.05, 0) is 49.1 Å². The Balaban J connectivity index is 1.58. The van der Waals surface area contributed by atoms with Crippen molar-refractivity contribution in [1.29, 1.82) is 5.26 Å². The van der Waals surface area contributed by atoms with E-state index in [2.05, 4.69) is 11.4 Å². The fourth-order valence-electron chi connectivity index (χ4n) is 2.78. The Kier molecular flexibility index (Phi) is 5.19. The number of alkyl halides is 3. The summed E-state index contributed by atoms with van der Waals surface area (Å²) in [6.07, 6.45) is -1.85. The van der Waals surface area contributed by atoms with Crippen LogP contribution in [0.3, 0.4) is 0 Å². The van der Waals surface area contributed by atoms with Crippen molar-refractivity contribution in [2.45, 2.75) is 25.4 Å². The van der Waals surface area contributed by atoms with Crippen LogP contribution in [0.15, 0.2) is 24.3 Å². The summed E-state index contributed by atoms with van der Waals surface area (Å²) in [5.74, 6) is -1.53. The molecule has 0 bridgehead atoms. The van der Waals surface area contributed by atoms with Crippen molar-refractivity contribution in [3.63, 3.8) is 0 Å². The molecule has 3 rings (SSSR count). The lowest BCUT2D eigenvalue weighted by Crippen LogP contribution is -2.21. The van der Waals surface area contributed by atoms with E-state index >= 15 is 0 Å². The third-order valence-electron chi connectivity index (χ3n) is 4.07. The first kappa shape index (κ1) is 18.9. The van der Waals surface area contributed by atoms with E-state index in [-0.39, 0.29) is 5.56 Å². The number of anilines is 1. The van der Waals surface area contributed by atoms with Crippen molar-refractivity contribution in [3.05, 3.63) is 51.4 Å². The average Bonchev–Trinajstić information content (AvgIpc) is 3.19. The standard InChI is InChI=1S/C18H13F3N2O3S/c19-18(20,21)11-6-4-10(5-7-11)17(25)26-9-15(24)23-16-13(8-22)12-2-1-3-14(12)27-16/h4-7H,1-3,9H2,(H,23,24). The van der Waals surface area contributed by atoms with E-state index < -0.39 is 30.2 Å². The maximum Gasteiger partial charge on any atom is 0.416 e. The predicted octanol–water partition coefficient (Wildman–Crippen LogP) is 3.92. The van der Waals surface area contributed by atoms with E-state index in [1.807, 2.05) is 0 Å². The van der Waals surface area contributed by atoms with Crippen LogP contribution in [0.1, 0.15) is 38.3 Å². The number of fused-ring (bicyclic) bond motifs is 1. The van der Waals surface area contributed by atoms with E-state index in [1.54, 1.807) is 0 Å². The second kappa shape index (κ2) is 7.40. The largest absolute Gasteiger partial charge is 0.452 e. The summed E-state index contributed by atoms with van der Waals surface area (Å²) < 4.78 is 42.4. The Bertz CT molecular complexity index is 927. The molecule has 1 amide bonds. The molecule has 0 atom stereocenters. The monoisotopic (exact) mass is 394 g/mol. The lowest BCUT2D eigenvalue weighted by Gasteiger charge is -2.08. The highest BCUT2D eigenvalue weighted by Crippen LogP contribution is 2.38. The fraction of sp³-hybridized carbons (Fsp3) is 0.278. The number of carbonyl (C=O) groups is 2. The van der Waals surface area contributed by atoms with Gasteiger partial charge in [0, 0.05) is 4.88 Å². The number of nitriles is 1. The van der Waals surface area contributed by atoms with Crippen LogP contribution in [0.2, 0.25) is 0 Å². The number of ether oxygens (including phenoxy) is 1. The minimum absolute atomic E-state index is 0.0939. The van der Waals surface area contributed by atoms with E-state index in [9.17, 15) is 28.0 Å². The summed E-state index contributed by atoms with van der Waals surface area (Å²) in [7, 11) is 0. The number of carbonyl (C=O) groups excluding carboxylic acids is 2. The van der Waals surface area contributed by atoms with Crippen LogP contribution >= 0.6 is 11.3 Å². The van der Waals surface area contributed by atoms with Gasteiger partial charge in [0.2, 0.25) is 0 Å². The molecule has 1 aromatic heterocycles. The number of thiophene rings is 1. The smallest absolute Gasteiger partial charge is 0.416 e. The Morgan fingerprint density at radius 2 is 1.93 bits per heavy atom. The average molecular weight is 394 g/mol. The van der Waals surface area contributed by atoms with Crippen LogP contribution < -0.4 is 5.32 Å². The molecule has 1 aromatic carbocycles. The first-order valence-corrected chi connectivity index (χ1v) is 8.80. The van der Waals surface area contributed by atoms with Gasteiger partial charge in [0.25, 0.3) is 5.91 Å². The summed E-state index contributed by atoms with van der Waals surface area (Å²) in [5.41, 5.74) is 0.421. The highest BCUT2D eigenvalue weighted by molar-refractivity contribution is 7.16. The van der Waals surface area contributed by atoms with Gasteiger partial charge in [0.1, 0.15) is 11.1 Å². The molecule has 2 aromatic rings. The zero-order valence-corrected chi connectivity index (χ0v) is 14.7. The second-order valence-corrected chi connectivity index (χ2v) is 6.98. The third-order valence-corrected chi connectivity index (χ3v) is 5.28. The summed E-state index contributed by atoms with van der Waals surface area (Å²) >= 11 is 1.33. The fourth-order valence-corrected chi connectivity index (χ4v) is 4.04. The van der Waals surface area contributed by atoms with Gasteiger partial charge in [0.15, 0.2) is 6.61 Å². The van der Waals surface area contributed by atoms with Crippen LogP contribution in [0.4, 0.5) is 18.2 Å². The van der Waals surface area contributed by atoms with Crippen LogP contribution in [0, 0.1) is 11.3 Å². The molecule has 1 aliphatic rings. The molecule has 0 saturated carbocycles. The number of nitrogens with one attached hydrogen (secondary N) is 1. The number of hydrogen-bond acceptors (Lipinski definition) is 5. The molecule has 0 aliphatic heterocycles. The number of aryl methyl sites for hydroxylation is 1. The van der Waals surface area contributed by atoms with Crippen molar-refractivity contribution in [2.24, 2.45) is 0 Å². The van der Waals surface area contributed by atoms with Crippen LogP contribution in [0.25, 0.3) is 0 Å². The minimum Gasteiger partial charge on any atom is -0.452 e. The van der Waals surface area contributed by atoms with Crippen LogP contribution in [-0.4, -0.2) is 18.5 Å². The van der Waals surface area contributed by atoms with Gasteiger partial charge in [-0.2, -0.15) is 18.4 Å². The SMILES string of the molecule is N#Cc1c(NC(=O)COC(=O)c2ccc(C(F)(F)F)cc2)sc2c1CCC2. The van der Waals surface area contributed by atoms with E-state index in [0.717, 1.165) is 54.0 Å². The van der Waals surface area contributed by atoms with Gasteiger partial charge in [-0.15, -0.1) is 11.3 Å². The maximum absolute atomic E-state index is 12.5. The molecular weight excluding hydrogens is 381 g/mol. The molecule has 27 heavy (non-hydrogen) atoms. The normalized spacial score (nSPS) is 13.0. The Morgan fingerprint density at radius 1 is 1.22 bits per heavy atom. The summed E-state index contributed by atoms with van der Waals surface area (Å²) in [6, 6.07) is 5.59. The highest BCUT2D eigenvalue weighted by Gasteiger charge is 2.30. The number of benzene rings is 1. The van der Waals surface area contributed by atoms with E-state index in [0.29, 0.717) is 10.6 Å². The first-order chi connectivity index (χ1) is 12.8. The zero-order chi connectivity index (χ0) is 19.6. The molecule has 9 heteroatoms. The molecule has 140 valence electrons. The molecule has 1 aliphatic carbocycles. The van der Waals surface area contributed by atoms with Gasteiger partial charge in [0.05, 0.1) is 16.7 Å². The number of amides is 1. The molecule has 1 N–H and O–H groups in total. The molecule has 0 radical (unpaired) electrons. The Morgan fingerprint density at radius 3 is 2.56 bits per heavy atom. The van der Waals surface area contributed by atoms with Gasteiger partial charge >= 0.3 is 12.1 Å². The summed E-state index contributed by atoms with van der Waals surface area (Å²) in [4.78, 5) is 24.9. The number of rotatable bonds is 4. The van der Waals surface area contributed by atoms with E-state index in [1.165, 1.54) is 11.3 Å². The molecule has 1 heterocycles.